The van der Waals surface area contributed by atoms with Gasteiger partial charge in [0, 0.05) is 36.1 Å². The van der Waals surface area contributed by atoms with Crippen molar-refractivity contribution in [2.45, 2.75) is 33.4 Å². The van der Waals surface area contributed by atoms with Crippen LogP contribution in [0.2, 0.25) is 0 Å². The third-order valence-corrected chi connectivity index (χ3v) is 2.83. The monoisotopic (exact) mass is 259 g/mol. The number of ether oxygens (including phenoxy) is 1. The molecule has 0 aliphatic heterocycles. The van der Waals surface area contributed by atoms with E-state index < -0.39 is 0 Å². The van der Waals surface area contributed by atoms with Gasteiger partial charge in [-0.2, -0.15) is 5.10 Å². The molecule has 0 aliphatic rings. The van der Waals surface area contributed by atoms with Crippen LogP contribution in [0.15, 0.2) is 36.7 Å². The van der Waals surface area contributed by atoms with Gasteiger partial charge in [0.15, 0.2) is 0 Å². The van der Waals surface area contributed by atoms with Crippen molar-refractivity contribution < 1.29 is 4.74 Å². The molecular formula is C15H21N3O. The number of nitrogens with one attached hydrogen (secondary N) is 1. The van der Waals surface area contributed by atoms with Gasteiger partial charge >= 0.3 is 0 Å². The topological polar surface area (TPSA) is 39.1 Å². The van der Waals surface area contributed by atoms with Crippen molar-refractivity contribution in [2.75, 3.05) is 11.9 Å². The van der Waals surface area contributed by atoms with Gasteiger partial charge in [0.05, 0.1) is 12.8 Å². The number of hydrogen-bond donors (Lipinski definition) is 1. The first-order chi connectivity index (χ1) is 9.19. The average molecular weight is 259 g/mol. The molecule has 0 fully saturated rings. The van der Waals surface area contributed by atoms with Gasteiger partial charge in [-0.15, -0.1) is 0 Å². The van der Waals surface area contributed by atoms with Gasteiger partial charge in [-0.25, -0.2) is 0 Å². The van der Waals surface area contributed by atoms with Crippen LogP contribution in [0.25, 0.3) is 0 Å². The first-order valence-electron chi connectivity index (χ1n) is 6.69. The van der Waals surface area contributed by atoms with Crippen LogP contribution in [-0.2, 0) is 6.54 Å². The second kappa shape index (κ2) is 6.27. The minimum Gasteiger partial charge on any atom is -0.494 e. The van der Waals surface area contributed by atoms with Crippen molar-refractivity contribution in [3.05, 3.63) is 42.2 Å². The zero-order valence-electron chi connectivity index (χ0n) is 11.8. The van der Waals surface area contributed by atoms with E-state index in [0.717, 1.165) is 18.0 Å². The van der Waals surface area contributed by atoms with Crippen molar-refractivity contribution in [1.82, 2.24) is 9.78 Å². The van der Waals surface area contributed by atoms with Crippen LogP contribution in [0.3, 0.4) is 0 Å². The molecule has 0 aliphatic carbocycles. The predicted molar refractivity (Wildman–Crippen MR) is 77.5 cm³/mol. The number of aromatic nitrogens is 2. The Kier molecular flexibility index (Phi) is 4.44. The molecule has 1 aromatic heterocycles. The van der Waals surface area contributed by atoms with E-state index in [1.807, 2.05) is 42.1 Å². The highest BCUT2D eigenvalue weighted by Crippen LogP contribution is 2.18. The van der Waals surface area contributed by atoms with Crippen LogP contribution in [0.4, 0.5) is 5.69 Å². The van der Waals surface area contributed by atoms with Gasteiger partial charge in [-0.05, 0) is 32.9 Å². The molecule has 4 nitrogen and oxygen atoms in total. The van der Waals surface area contributed by atoms with E-state index in [4.69, 9.17) is 4.74 Å². The van der Waals surface area contributed by atoms with E-state index in [1.54, 1.807) is 0 Å². The maximum atomic E-state index is 5.48. The molecule has 19 heavy (non-hydrogen) atoms. The summed E-state index contributed by atoms with van der Waals surface area (Å²) in [6, 6.07) is 8.40. The molecule has 0 saturated heterocycles. The minimum absolute atomic E-state index is 0.398. The van der Waals surface area contributed by atoms with Crippen LogP contribution >= 0.6 is 0 Å². The highest BCUT2D eigenvalue weighted by molar-refractivity contribution is 5.48. The van der Waals surface area contributed by atoms with E-state index in [-0.39, 0.29) is 0 Å². The number of rotatable bonds is 6. The van der Waals surface area contributed by atoms with E-state index in [1.165, 1.54) is 5.56 Å². The standard InChI is InChI=1S/C15H21N3O/c1-4-19-15-7-5-6-14(8-15)16-9-13-10-17-18(11-13)12(2)3/h5-8,10-12,16H,4,9H2,1-3H3. The largest absolute Gasteiger partial charge is 0.494 e. The Morgan fingerprint density at radius 2 is 2.21 bits per heavy atom. The lowest BCUT2D eigenvalue weighted by molar-refractivity contribution is 0.340. The third kappa shape index (κ3) is 3.74. The SMILES string of the molecule is CCOc1cccc(NCc2cnn(C(C)C)c2)c1. The quantitative estimate of drug-likeness (QED) is 0.863. The molecular weight excluding hydrogens is 238 g/mol. The summed E-state index contributed by atoms with van der Waals surface area (Å²) in [7, 11) is 0. The molecule has 4 heteroatoms. The van der Waals surface area contributed by atoms with Crippen LogP contribution in [0, 0.1) is 0 Å². The molecule has 0 saturated carbocycles. The fraction of sp³-hybridized carbons (Fsp3) is 0.400. The Morgan fingerprint density at radius 3 is 2.89 bits per heavy atom. The fourth-order valence-corrected chi connectivity index (χ4v) is 1.82. The maximum Gasteiger partial charge on any atom is 0.121 e. The number of benzene rings is 1. The molecule has 0 atom stereocenters. The fourth-order valence-electron chi connectivity index (χ4n) is 1.82. The Morgan fingerprint density at radius 1 is 1.37 bits per heavy atom. The zero-order chi connectivity index (χ0) is 13.7. The summed E-state index contributed by atoms with van der Waals surface area (Å²) in [5, 5.41) is 7.71. The maximum absolute atomic E-state index is 5.48. The summed E-state index contributed by atoms with van der Waals surface area (Å²) in [4.78, 5) is 0. The molecule has 1 heterocycles. The Bertz CT molecular complexity index is 520. The summed E-state index contributed by atoms with van der Waals surface area (Å²) in [5.74, 6) is 0.894. The van der Waals surface area contributed by atoms with E-state index in [2.05, 4.69) is 30.5 Å². The summed E-state index contributed by atoms with van der Waals surface area (Å²) >= 11 is 0. The summed E-state index contributed by atoms with van der Waals surface area (Å²) in [6.45, 7) is 7.68. The Hall–Kier alpha value is -1.97. The van der Waals surface area contributed by atoms with Gasteiger partial charge in [0.2, 0.25) is 0 Å². The van der Waals surface area contributed by atoms with Crippen molar-refractivity contribution in [2.24, 2.45) is 0 Å². The minimum atomic E-state index is 0.398. The van der Waals surface area contributed by atoms with Gasteiger partial charge in [-0.1, -0.05) is 6.07 Å². The van der Waals surface area contributed by atoms with Crippen LogP contribution in [-0.4, -0.2) is 16.4 Å². The number of hydrogen-bond acceptors (Lipinski definition) is 3. The number of anilines is 1. The Balaban J connectivity index is 1.95. The first-order valence-corrected chi connectivity index (χ1v) is 6.69. The molecule has 1 N–H and O–H groups in total. The first kappa shape index (κ1) is 13.5. The highest BCUT2D eigenvalue weighted by atomic mass is 16.5. The Labute approximate surface area is 114 Å². The highest BCUT2D eigenvalue weighted by Gasteiger charge is 2.02. The molecule has 0 radical (unpaired) electrons. The van der Waals surface area contributed by atoms with Crippen molar-refractivity contribution >= 4 is 5.69 Å². The lowest BCUT2D eigenvalue weighted by atomic mass is 10.3. The second-order valence-electron chi connectivity index (χ2n) is 4.74. The van der Waals surface area contributed by atoms with Gasteiger partial charge in [0.25, 0.3) is 0 Å². The molecule has 0 unspecified atom stereocenters. The zero-order valence-corrected chi connectivity index (χ0v) is 11.8. The summed E-state index contributed by atoms with van der Waals surface area (Å²) in [5.41, 5.74) is 2.23. The van der Waals surface area contributed by atoms with Crippen LogP contribution < -0.4 is 10.1 Å². The van der Waals surface area contributed by atoms with Crippen molar-refractivity contribution in [1.29, 1.82) is 0 Å². The third-order valence-electron chi connectivity index (χ3n) is 2.83. The van der Waals surface area contributed by atoms with Gasteiger partial charge in [0.1, 0.15) is 5.75 Å². The summed E-state index contributed by atoms with van der Waals surface area (Å²) < 4.78 is 7.44. The molecule has 102 valence electrons. The smallest absolute Gasteiger partial charge is 0.121 e. The molecule has 0 spiro atoms. The average Bonchev–Trinajstić information content (AvgIpc) is 2.86. The molecule has 2 aromatic rings. The molecule has 0 amide bonds. The van der Waals surface area contributed by atoms with Crippen molar-refractivity contribution in [3.8, 4) is 5.75 Å². The van der Waals surface area contributed by atoms with E-state index in [9.17, 15) is 0 Å². The lowest BCUT2D eigenvalue weighted by Gasteiger charge is -2.08. The van der Waals surface area contributed by atoms with Crippen molar-refractivity contribution in [3.63, 3.8) is 0 Å². The van der Waals surface area contributed by atoms with Gasteiger partial charge < -0.3 is 10.1 Å². The molecule has 0 bridgehead atoms. The van der Waals surface area contributed by atoms with Gasteiger partial charge in [-0.3, -0.25) is 4.68 Å². The molecule has 1 aromatic carbocycles. The molecule has 2 rings (SSSR count). The second-order valence-corrected chi connectivity index (χ2v) is 4.74. The normalized spacial score (nSPS) is 10.7. The predicted octanol–water partition coefficient (Wildman–Crippen LogP) is 3.47. The van der Waals surface area contributed by atoms with E-state index in [0.29, 0.717) is 12.6 Å². The summed E-state index contributed by atoms with van der Waals surface area (Å²) in [6.07, 6.45) is 3.98. The van der Waals surface area contributed by atoms with E-state index >= 15 is 0 Å². The van der Waals surface area contributed by atoms with Crippen LogP contribution in [0.5, 0.6) is 5.75 Å². The van der Waals surface area contributed by atoms with Crippen LogP contribution in [0.1, 0.15) is 32.4 Å². The number of nitrogens with zero attached hydrogens (tertiary/aromatic N) is 2. The lowest BCUT2D eigenvalue weighted by Crippen LogP contribution is -2.01.